The highest BCUT2D eigenvalue weighted by Gasteiger charge is 2.35. The van der Waals surface area contributed by atoms with Crippen LogP contribution in [-0.2, 0) is 19.3 Å². The summed E-state index contributed by atoms with van der Waals surface area (Å²) in [6.45, 7) is 7.13. The minimum absolute atomic E-state index is 0.0906. The maximum Gasteiger partial charge on any atom is 0.632 e. The fourth-order valence-electron chi connectivity index (χ4n) is 1.57. The zero-order valence-electron chi connectivity index (χ0n) is 10.1. The van der Waals surface area contributed by atoms with Crippen LogP contribution in [0.25, 0.3) is 0 Å². The SMILES string of the molecule is C=C1OB(c2cc(F)cc(NS(C)(=O)=O)c2)OC1=C. The van der Waals surface area contributed by atoms with E-state index in [1.165, 1.54) is 12.1 Å². The van der Waals surface area contributed by atoms with Gasteiger partial charge in [-0.05, 0) is 18.2 Å². The predicted octanol–water partition coefficient (Wildman–Crippen LogP) is 0.967. The number of anilines is 1. The zero-order chi connectivity index (χ0) is 14.2. The molecule has 0 aromatic heterocycles. The average Bonchev–Trinajstić information content (AvgIpc) is 2.56. The molecule has 0 amide bonds. The van der Waals surface area contributed by atoms with Crippen molar-refractivity contribution in [2.24, 2.45) is 0 Å². The molecule has 19 heavy (non-hydrogen) atoms. The number of nitrogens with one attached hydrogen (secondary N) is 1. The van der Waals surface area contributed by atoms with Crippen LogP contribution >= 0.6 is 0 Å². The van der Waals surface area contributed by atoms with E-state index in [9.17, 15) is 12.8 Å². The molecular weight excluding hydrogens is 272 g/mol. The van der Waals surface area contributed by atoms with E-state index in [1.807, 2.05) is 0 Å². The lowest BCUT2D eigenvalue weighted by Gasteiger charge is -2.08. The Balaban J connectivity index is 2.32. The Labute approximate surface area is 110 Å². The Hall–Kier alpha value is -1.96. The second kappa shape index (κ2) is 4.62. The van der Waals surface area contributed by atoms with E-state index in [1.54, 1.807) is 0 Å². The molecule has 1 aliphatic rings. The van der Waals surface area contributed by atoms with Gasteiger partial charge in [0.15, 0.2) is 0 Å². The van der Waals surface area contributed by atoms with E-state index in [0.717, 1.165) is 12.3 Å². The number of hydrogen-bond donors (Lipinski definition) is 1. The molecule has 5 nitrogen and oxygen atoms in total. The topological polar surface area (TPSA) is 64.6 Å². The van der Waals surface area contributed by atoms with Gasteiger partial charge >= 0.3 is 7.12 Å². The van der Waals surface area contributed by atoms with E-state index in [0.29, 0.717) is 5.46 Å². The molecule has 1 aromatic rings. The van der Waals surface area contributed by atoms with Crippen molar-refractivity contribution in [1.82, 2.24) is 0 Å². The van der Waals surface area contributed by atoms with Gasteiger partial charge < -0.3 is 9.31 Å². The fourth-order valence-corrected chi connectivity index (χ4v) is 2.12. The Bertz CT molecular complexity index is 643. The highest BCUT2D eigenvalue weighted by molar-refractivity contribution is 7.92. The van der Waals surface area contributed by atoms with Gasteiger partial charge in [0.05, 0.1) is 11.9 Å². The van der Waals surface area contributed by atoms with Crippen molar-refractivity contribution in [1.29, 1.82) is 0 Å². The normalized spacial score (nSPS) is 15.2. The van der Waals surface area contributed by atoms with Gasteiger partial charge in [-0.1, -0.05) is 13.2 Å². The summed E-state index contributed by atoms with van der Waals surface area (Å²) in [5.41, 5.74) is 0.416. The van der Waals surface area contributed by atoms with Gasteiger partial charge in [-0.25, -0.2) is 12.8 Å². The number of rotatable bonds is 3. The third kappa shape index (κ3) is 3.28. The second-order valence-corrected chi connectivity index (χ2v) is 5.81. The van der Waals surface area contributed by atoms with Gasteiger partial charge in [0.1, 0.15) is 17.3 Å². The Morgan fingerprint density at radius 3 is 2.32 bits per heavy atom. The van der Waals surface area contributed by atoms with Crippen LogP contribution in [0.15, 0.2) is 42.9 Å². The molecule has 0 saturated carbocycles. The minimum Gasteiger partial charge on any atom is -0.520 e. The summed E-state index contributed by atoms with van der Waals surface area (Å²) >= 11 is 0. The molecule has 2 rings (SSSR count). The lowest BCUT2D eigenvalue weighted by atomic mass is 9.79. The Morgan fingerprint density at radius 1 is 1.21 bits per heavy atom. The predicted molar refractivity (Wildman–Crippen MR) is 70.7 cm³/mol. The van der Waals surface area contributed by atoms with E-state index >= 15 is 0 Å². The fraction of sp³-hybridized carbons (Fsp3) is 0.0909. The summed E-state index contributed by atoms with van der Waals surface area (Å²) in [5.74, 6) is -0.0993. The lowest BCUT2D eigenvalue weighted by molar-refractivity contribution is 0.431. The summed E-state index contributed by atoms with van der Waals surface area (Å²) < 4.78 is 48.4. The molecule has 0 atom stereocenters. The summed E-state index contributed by atoms with van der Waals surface area (Å²) in [4.78, 5) is 0. The standard InChI is InChI=1S/C11H11BFNO4S/c1-7-8(2)18-12(17-7)9-4-10(13)6-11(5-9)14-19(3,15)16/h4-6,14H,1-2H2,3H3. The van der Waals surface area contributed by atoms with Crippen molar-refractivity contribution in [2.45, 2.75) is 0 Å². The summed E-state index contributed by atoms with van der Waals surface area (Å²) in [5, 5.41) is 0. The molecule has 1 aromatic carbocycles. The van der Waals surface area contributed by atoms with Crippen LogP contribution in [0.2, 0.25) is 0 Å². The molecule has 100 valence electrons. The van der Waals surface area contributed by atoms with Crippen molar-refractivity contribution < 1.29 is 22.1 Å². The number of sulfonamides is 1. The van der Waals surface area contributed by atoms with Crippen molar-refractivity contribution in [2.75, 3.05) is 11.0 Å². The number of halogens is 1. The largest absolute Gasteiger partial charge is 0.632 e. The smallest absolute Gasteiger partial charge is 0.520 e. The Morgan fingerprint density at radius 2 is 1.79 bits per heavy atom. The van der Waals surface area contributed by atoms with Crippen LogP contribution in [0.3, 0.4) is 0 Å². The zero-order valence-corrected chi connectivity index (χ0v) is 11.0. The van der Waals surface area contributed by atoms with E-state index < -0.39 is 23.0 Å². The van der Waals surface area contributed by atoms with Crippen LogP contribution < -0.4 is 10.2 Å². The number of hydrogen-bond acceptors (Lipinski definition) is 4. The van der Waals surface area contributed by atoms with Crippen LogP contribution in [0.5, 0.6) is 0 Å². The molecular formula is C11H11BFNO4S. The molecule has 1 N–H and O–H groups in total. The molecule has 0 aliphatic carbocycles. The summed E-state index contributed by atoms with van der Waals surface area (Å²) in [7, 11) is -4.37. The maximum atomic E-state index is 13.5. The van der Waals surface area contributed by atoms with E-state index in [4.69, 9.17) is 9.31 Å². The summed E-state index contributed by atoms with van der Waals surface area (Å²) in [6, 6.07) is 3.66. The highest BCUT2D eigenvalue weighted by atomic mass is 32.2. The van der Waals surface area contributed by atoms with Crippen LogP contribution in [0.1, 0.15) is 0 Å². The van der Waals surface area contributed by atoms with Gasteiger partial charge in [-0.3, -0.25) is 4.72 Å². The molecule has 0 spiro atoms. The molecule has 0 bridgehead atoms. The van der Waals surface area contributed by atoms with Gasteiger partial charge in [0.2, 0.25) is 10.0 Å². The van der Waals surface area contributed by atoms with Crippen LogP contribution in [0.4, 0.5) is 10.1 Å². The molecule has 8 heteroatoms. The van der Waals surface area contributed by atoms with E-state index in [-0.39, 0.29) is 17.2 Å². The average molecular weight is 283 g/mol. The van der Waals surface area contributed by atoms with Gasteiger partial charge in [-0.15, -0.1) is 0 Å². The first-order valence-electron chi connectivity index (χ1n) is 5.24. The molecule has 1 aliphatic heterocycles. The maximum absolute atomic E-state index is 13.5. The Kier molecular flexibility index (Phi) is 3.28. The molecule has 1 saturated heterocycles. The van der Waals surface area contributed by atoms with Crippen molar-refractivity contribution in [3.63, 3.8) is 0 Å². The quantitative estimate of drug-likeness (QED) is 0.839. The molecule has 0 radical (unpaired) electrons. The second-order valence-electron chi connectivity index (χ2n) is 4.06. The van der Waals surface area contributed by atoms with Crippen LogP contribution in [-0.4, -0.2) is 21.8 Å². The third-order valence-electron chi connectivity index (χ3n) is 2.31. The highest BCUT2D eigenvalue weighted by Crippen LogP contribution is 2.21. The van der Waals surface area contributed by atoms with Crippen molar-refractivity contribution >= 4 is 28.3 Å². The van der Waals surface area contributed by atoms with Gasteiger partial charge in [-0.2, -0.15) is 0 Å². The van der Waals surface area contributed by atoms with E-state index in [2.05, 4.69) is 17.9 Å². The molecule has 1 heterocycles. The van der Waals surface area contributed by atoms with Crippen LogP contribution in [0, 0.1) is 5.82 Å². The third-order valence-corrected chi connectivity index (χ3v) is 2.91. The molecule has 1 fully saturated rings. The lowest BCUT2D eigenvalue weighted by Crippen LogP contribution is -2.32. The summed E-state index contributed by atoms with van der Waals surface area (Å²) in [6.07, 6.45) is 0.976. The molecule has 0 unspecified atom stereocenters. The van der Waals surface area contributed by atoms with Gasteiger partial charge in [0, 0.05) is 5.46 Å². The minimum atomic E-state index is -3.49. The first-order chi connectivity index (χ1) is 8.74. The number of benzene rings is 1. The van der Waals surface area contributed by atoms with Crippen molar-refractivity contribution in [3.8, 4) is 0 Å². The first-order valence-corrected chi connectivity index (χ1v) is 7.13. The van der Waals surface area contributed by atoms with Crippen molar-refractivity contribution in [3.05, 3.63) is 48.7 Å². The van der Waals surface area contributed by atoms with Gasteiger partial charge in [0.25, 0.3) is 0 Å². The first kappa shape index (κ1) is 13.5. The monoisotopic (exact) mass is 283 g/mol.